The van der Waals surface area contributed by atoms with E-state index in [4.69, 9.17) is 0 Å². The van der Waals surface area contributed by atoms with E-state index in [-0.39, 0.29) is 0 Å². The predicted octanol–water partition coefficient (Wildman–Crippen LogP) is 3.98. The van der Waals surface area contributed by atoms with Crippen LogP contribution in [-0.2, 0) is 0 Å². The minimum atomic E-state index is 0.769. The molecule has 2 rings (SSSR count). The number of hydrogen-bond donors (Lipinski definition) is 1. The molecule has 1 heteroatoms. The highest BCUT2D eigenvalue weighted by Crippen LogP contribution is 2.35. The van der Waals surface area contributed by atoms with Crippen molar-refractivity contribution in [1.82, 2.24) is 5.32 Å². The molecule has 0 aromatic heterocycles. The highest BCUT2D eigenvalue weighted by atomic mass is 14.9. The maximum absolute atomic E-state index is 3.65. The lowest BCUT2D eigenvalue weighted by Crippen LogP contribution is -2.37. The van der Waals surface area contributed by atoms with Crippen LogP contribution >= 0.6 is 0 Å². The van der Waals surface area contributed by atoms with Crippen LogP contribution in [0.5, 0.6) is 0 Å². The summed E-state index contributed by atoms with van der Waals surface area (Å²) in [6.45, 7) is 5.98. The summed E-state index contributed by atoms with van der Waals surface area (Å²) in [6.07, 6.45) is 11.8. The van der Waals surface area contributed by atoms with Gasteiger partial charge in [0.1, 0.15) is 0 Å². The molecule has 0 spiro atoms. The molecule has 94 valence electrons. The fourth-order valence-electron chi connectivity index (χ4n) is 3.72. The van der Waals surface area contributed by atoms with Gasteiger partial charge in [0.2, 0.25) is 0 Å². The Hall–Kier alpha value is -0.0400. The highest BCUT2D eigenvalue weighted by molar-refractivity contribution is 4.80. The highest BCUT2D eigenvalue weighted by Gasteiger charge is 2.25. The molecular weight excluding hydrogens is 194 g/mol. The van der Waals surface area contributed by atoms with Gasteiger partial charge in [0.05, 0.1) is 0 Å². The third-order valence-corrected chi connectivity index (χ3v) is 4.90. The maximum Gasteiger partial charge on any atom is 0.00389 e. The van der Waals surface area contributed by atoms with Crippen LogP contribution in [0.2, 0.25) is 0 Å². The summed E-state index contributed by atoms with van der Waals surface area (Å²) in [4.78, 5) is 0. The van der Waals surface area contributed by atoms with Crippen molar-refractivity contribution >= 4 is 0 Å². The van der Waals surface area contributed by atoms with Gasteiger partial charge in [-0.15, -0.1) is 0 Å². The molecule has 2 fully saturated rings. The predicted molar refractivity (Wildman–Crippen MR) is 70.5 cm³/mol. The Morgan fingerprint density at radius 3 is 2.50 bits per heavy atom. The molecule has 1 saturated heterocycles. The van der Waals surface area contributed by atoms with Crippen LogP contribution in [-0.4, -0.2) is 12.6 Å². The van der Waals surface area contributed by atoms with E-state index in [2.05, 4.69) is 19.2 Å². The molecule has 0 aromatic rings. The second kappa shape index (κ2) is 6.05. The summed E-state index contributed by atoms with van der Waals surface area (Å²) >= 11 is 0. The molecule has 0 radical (unpaired) electrons. The molecule has 1 nitrogen and oxygen atoms in total. The van der Waals surface area contributed by atoms with Gasteiger partial charge in [-0.3, -0.25) is 0 Å². The van der Waals surface area contributed by atoms with E-state index in [9.17, 15) is 0 Å². The van der Waals surface area contributed by atoms with Crippen LogP contribution in [0.1, 0.15) is 65.2 Å². The second-order valence-corrected chi connectivity index (χ2v) is 6.30. The largest absolute Gasteiger partial charge is 0.314 e. The van der Waals surface area contributed by atoms with Crippen LogP contribution < -0.4 is 5.32 Å². The second-order valence-electron chi connectivity index (χ2n) is 6.30. The summed E-state index contributed by atoms with van der Waals surface area (Å²) in [5.41, 5.74) is 0. The Bertz CT molecular complexity index is 194. The van der Waals surface area contributed by atoms with Gasteiger partial charge in [0, 0.05) is 6.04 Å². The summed E-state index contributed by atoms with van der Waals surface area (Å²) in [6, 6.07) is 0.769. The number of nitrogens with one attached hydrogen (secondary N) is 1. The quantitative estimate of drug-likeness (QED) is 0.763. The Morgan fingerprint density at radius 2 is 1.81 bits per heavy atom. The van der Waals surface area contributed by atoms with E-state index < -0.39 is 0 Å². The van der Waals surface area contributed by atoms with Crippen molar-refractivity contribution in [1.29, 1.82) is 0 Å². The SMILES string of the molecule is CCC1CCCC(CC2CCC(C)NC2)C1. The normalized spacial score (nSPS) is 40.9. The lowest BCUT2D eigenvalue weighted by molar-refractivity contribution is 0.198. The first-order valence-electron chi connectivity index (χ1n) is 7.51. The van der Waals surface area contributed by atoms with Crippen LogP contribution in [0.25, 0.3) is 0 Å². The van der Waals surface area contributed by atoms with Crippen molar-refractivity contribution in [3.05, 3.63) is 0 Å². The molecule has 1 heterocycles. The van der Waals surface area contributed by atoms with Gasteiger partial charge in [-0.2, -0.15) is 0 Å². The molecule has 1 aliphatic heterocycles. The zero-order valence-electron chi connectivity index (χ0n) is 11.2. The van der Waals surface area contributed by atoms with E-state index in [1.165, 1.54) is 57.9 Å². The van der Waals surface area contributed by atoms with Crippen LogP contribution in [0, 0.1) is 17.8 Å². The first-order chi connectivity index (χ1) is 7.78. The van der Waals surface area contributed by atoms with E-state index in [1.54, 1.807) is 0 Å². The Labute approximate surface area is 101 Å². The fourth-order valence-corrected chi connectivity index (χ4v) is 3.72. The molecule has 4 atom stereocenters. The lowest BCUT2D eigenvalue weighted by atomic mass is 9.75. The van der Waals surface area contributed by atoms with Gasteiger partial charge in [-0.05, 0) is 56.9 Å². The van der Waals surface area contributed by atoms with Gasteiger partial charge < -0.3 is 5.32 Å². The van der Waals surface area contributed by atoms with Crippen molar-refractivity contribution in [3.8, 4) is 0 Å². The summed E-state index contributed by atoms with van der Waals surface area (Å²) in [5.74, 6) is 3.09. The monoisotopic (exact) mass is 223 g/mol. The van der Waals surface area contributed by atoms with Crippen LogP contribution in [0.4, 0.5) is 0 Å². The minimum absolute atomic E-state index is 0.769. The zero-order valence-corrected chi connectivity index (χ0v) is 11.2. The van der Waals surface area contributed by atoms with Gasteiger partial charge in [0.15, 0.2) is 0 Å². The number of rotatable bonds is 3. The van der Waals surface area contributed by atoms with Gasteiger partial charge >= 0.3 is 0 Å². The number of hydrogen-bond acceptors (Lipinski definition) is 1. The lowest BCUT2D eigenvalue weighted by Gasteiger charge is -2.34. The van der Waals surface area contributed by atoms with E-state index >= 15 is 0 Å². The van der Waals surface area contributed by atoms with E-state index in [0.717, 1.165) is 23.8 Å². The van der Waals surface area contributed by atoms with E-state index in [1.807, 2.05) is 0 Å². The van der Waals surface area contributed by atoms with Gasteiger partial charge in [-0.1, -0.05) is 32.6 Å². The number of piperidine rings is 1. The van der Waals surface area contributed by atoms with Gasteiger partial charge in [0.25, 0.3) is 0 Å². The molecule has 0 bridgehead atoms. The van der Waals surface area contributed by atoms with E-state index in [0.29, 0.717) is 0 Å². The molecule has 16 heavy (non-hydrogen) atoms. The topological polar surface area (TPSA) is 12.0 Å². The Morgan fingerprint density at radius 1 is 1.00 bits per heavy atom. The van der Waals surface area contributed by atoms with Crippen LogP contribution in [0.3, 0.4) is 0 Å². The summed E-state index contributed by atoms with van der Waals surface area (Å²) < 4.78 is 0. The zero-order chi connectivity index (χ0) is 11.4. The third kappa shape index (κ3) is 3.48. The smallest absolute Gasteiger partial charge is 0.00389 e. The van der Waals surface area contributed by atoms with Crippen molar-refractivity contribution in [3.63, 3.8) is 0 Å². The third-order valence-electron chi connectivity index (χ3n) is 4.90. The molecule has 2 aliphatic rings. The Kier molecular flexibility index (Phi) is 4.69. The van der Waals surface area contributed by atoms with Crippen molar-refractivity contribution in [2.75, 3.05) is 6.54 Å². The maximum atomic E-state index is 3.65. The van der Waals surface area contributed by atoms with Gasteiger partial charge in [-0.25, -0.2) is 0 Å². The summed E-state index contributed by atoms with van der Waals surface area (Å²) in [5, 5.41) is 3.65. The van der Waals surface area contributed by atoms with Crippen molar-refractivity contribution < 1.29 is 0 Å². The average Bonchev–Trinajstić information content (AvgIpc) is 2.32. The molecule has 1 saturated carbocycles. The molecule has 1 N–H and O–H groups in total. The molecule has 0 amide bonds. The molecule has 4 unspecified atom stereocenters. The van der Waals surface area contributed by atoms with Crippen LogP contribution in [0.15, 0.2) is 0 Å². The van der Waals surface area contributed by atoms with Crippen molar-refractivity contribution in [2.24, 2.45) is 17.8 Å². The van der Waals surface area contributed by atoms with Crippen molar-refractivity contribution in [2.45, 2.75) is 71.3 Å². The molecule has 1 aliphatic carbocycles. The first kappa shape index (κ1) is 12.4. The minimum Gasteiger partial charge on any atom is -0.314 e. The Balaban J connectivity index is 1.72. The first-order valence-corrected chi connectivity index (χ1v) is 7.51. The summed E-state index contributed by atoms with van der Waals surface area (Å²) in [7, 11) is 0. The molecular formula is C15H29N. The average molecular weight is 223 g/mol. The standard InChI is InChI=1S/C15H29N/c1-3-13-5-4-6-14(9-13)10-15-8-7-12(2)16-11-15/h12-16H,3-11H2,1-2H3. The fraction of sp³-hybridized carbons (Fsp3) is 1.00. The molecule has 0 aromatic carbocycles.